The fourth-order valence-electron chi connectivity index (χ4n) is 1.51. The van der Waals surface area contributed by atoms with Crippen LogP contribution in [0.3, 0.4) is 0 Å². The molecule has 2 heterocycles. The third kappa shape index (κ3) is 2.07. The van der Waals surface area contributed by atoms with Gasteiger partial charge in [0.15, 0.2) is 0 Å². The van der Waals surface area contributed by atoms with Gasteiger partial charge in [0.2, 0.25) is 0 Å². The summed E-state index contributed by atoms with van der Waals surface area (Å²) in [6, 6.07) is 2.03. The largest absolute Gasteiger partial charge is 0.383 e. The Morgan fingerprint density at radius 1 is 1.53 bits per heavy atom. The van der Waals surface area contributed by atoms with Crippen LogP contribution in [0.4, 0.5) is 0 Å². The number of hydrogen-bond acceptors (Lipinski definition) is 3. The Bertz CT molecular complexity index is 419. The van der Waals surface area contributed by atoms with Crippen LogP contribution in [0.5, 0.6) is 0 Å². The number of ether oxygens (including phenoxy) is 1. The van der Waals surface area contributed by atoms with Gasteiger partial charge in [-0.1, -0.05) is 0 Å². The minimum atomic E-state index is 0.655. The van der Waals surface area contributed by atoms with Gasteiger partial charge < -0.3 is 9.72 Å². The number of aromatic amines is 1. The molecule has 0 radical (unpaired) electrons. The highest BCUT2D eigenvalue weighted by molar-refractivity contribution is 5.53. The zero-order valence-electron chi connectivity index (χ0n) is 8.90. The maximum Gasteiger partial charge on any atom is 0.0924 e. The lowest BCUT2D eigenvalue weighted by atomic mass is 10.3. The molecule has 2 rings (SSSR count). The summed E-state index contributed by atoms with van der Waals surface area (Å²) in [7, 11) is 1.69. The van der Waals surface area contributed by atoms with E-state index in [1.165, 1.54) is 0 Å². The third-order valence-corrected chi connectivity index (χ3v) is 2.18. The van der Waals surface area contributed by atoms with E-state index in [2.05, 4.69) is 15.1 Å². The Morgan fingerprint density at radius 3 is 3.07 bits per heavy atom. The molecular formula is C10H14N4O. The summed E-state index contributed by atoms with van der Waals surface area (Å²) in [6.07, 6.45) is 3.46. The number of nitrogens with zero attached hydrogens (tertiary/aromatic N) is 3. The lowest BCUT2D eigenvalue weighted by Crippen LogP contribution is -2.07. The van der Waals surface area contributed by atoms with Crippen LogP contribution in [-0.2, 0) is 11.3 Å². The van der Waals surface area contributed by atoms with Crippen molar-refractivity contribution in [2.24, 2.45) is 0 Å². The van der Waals surface area contributed by atoms with Crippen LogP contribution in [0.25, 0.3) is 11.4 Å². The molecule has 5 nitrogen and oxygen atoms in total. The first-order valence-electron chi connectivity index (χ1n) is 4.83. The molecule has 0 fully saturated rings. The summed E-state index contributed by atoms with van der Waals surface area (Å²) in [5.74, 6) is 0. The molecule has 0 saturated carbocycles. The molecule has 0 aliphatic rings. The Morgan fingerprint density at radius 2 is 2.40 bits per heavy atom. The molecule has 0 atom stereocenters. The summed E-state index contributed by atoms with van der Waals surface area (Å²) in [5.41, 5.74) is 3.02. The SMILES string of the molecule is COCCn1nc(C)cc1-c1cnc[nH]1. The van der Waals surface area contributed by atoms with E-state index in [1.54, 1.807) is 19.6 Å². The van der Waals surface area contributed by atoms with Gasteiger partial charge in [-0.25, -0.2) is 4.98 Å². The van der Waals surface area contributed by atoms with Gasteiger partial charge in [-0.05, 0) is 13.0 Å². The standard InChI is InChI=1S/C10H14N4O/c1-8-5-10(9-6-11-7-12-9)14(13-8)3-4-15-2/h5-7H,3-4H2,1-2H3,(H,11,12). The van der Waals surface area contributed by atoms with Crippen LogP contribution in [0.1, 0.15) is 5.69 Å². The molecule has 0 amide bonds. The number of methoxy groups -OCH3 is 1. The van der Waals surface area contributed by atoms with Crippen LogP contribution in [-0.4, -0.2) is 33.5 Å². The van der Waals surface area contributed by atoms with Gasteiger partial charge in [0.05, 0.1) is 42.8 Å². The average molecular weight is 206 g/mol. The van der Waals surface area contributed by atoms with E-state index in [4.69, 9.17) is 4.74 Å². The molecule has 0 spiro atoms. The maximum atomic E-state index is 5.04. The van der Waals surface area contributed by atoms with E-state index in [9.17, 15) is 0 Å². The molecule has 80 valence electrons. The number of rotatable bonds is 4. The van der Waals surface area contributed by atoms with E-state index in [0.717, 1.165) is 23.6 Å². The van der Waals surface area contributed by atoms with Crippen LogP contribution in [0, 0.1) is 6.92 Å². The number of nitrogens with one attached hydrogen (secondary N) is 1. The van der Waals surface area contributed by atoms with Crippen LogP contribution in [0.2, 0.25) is 0 Å². The van der Waals surface area contributed by atoms with Crippen LogP contribution < -0.4 is 0 Å². The first-order valence-corrected chi connectivity index (χ1v) is 4.83. The molecule has 2 aromatic heterocycles. The summed E-state index contributed by atoms with van der Waals surface area (Å²) in [4.78, 5) is 7.07. The number of imidazole rings is 1. The van der Waals surface area contributed by atoms with Gasteiger partial charge in [0.25, 0.3) is 0 Å². The fraction of sp³-hybridized carbons (Fsp3) is 0.400. The molecule has 5 heteroatoms. The average Bonchev–Trinajstić information content (AvgIpc) is 2.83. The zero-order chi connectivity index (χ0) is 10.7. The van der Waals surface area contributed by atoms with Gasteiger partial charge in [-0.3, -0.25) is 4.68 Å². The Kier molecular flexibility index (Phi) is 2.82. The summed E-state index contributed by atoms with van der Waals surface area (Å²) in [5, 5.41) is 4.39. The van der Waals surface area contributed by atoms with Gasteiger partial charge in [0, 0.05) is 7.11 Å². The smallest absolute Gasteiger partial charge is 0.0924 e. The van der Waals surface area contributed by atoms with Crippen molar-refractivity contribution in [1.29, 1.82) is 0 Å². The molecule has 0 aromatic carbocycles. The van der Waals surface area contributed by atoms with E-state index in [0.29, 0.717) is 6.61 Å². The second-order valence-corrected chi connectivity index (χ2v) is 3.35. The number of aromatic nitrogens is 4. The normalized spacial score (nSPS) is 10.8. The quantitative estimate of drug-likeness (QED) is 0.818. The molecule has 0 aliphatic heterocycles. The highest BCUT2D eigenvalue weighted by atomic mass is 16.5. The van der Waals surface area contributed by atoms with E-state index < -0.39 is 0 Å². The third-order valence-electron chi connectivity index (χ3n) is 2.18. The topological polar surface area (TPSA) is 55.7 Å². The lowest BCUT2D eigenvalue weighted by Gasteiger charge is -2.04. The molecule has 0 saturated heterocycles. The predicted molar refractivity (Wildman–Crippen MR) is 56.4 cm³/mol. The highest BCUT2D eigenvalue weighted by Crippen LogP contribution is 2.17. The van der Waals surface area contributed by atoms with Crippen molar-refractivity contribution >= 4 is 0 Å². The Hall–Kier alpha value is -1.62. The Labute approximate surface area is 88.1 Å². The van der Waals surface area contributed by atoms with Crippen molar-refractivity contribution < 1.29 is 4.74 Å². The van der Waals surface area contributed by atoms with Crippen LogP contribution >= 0.6 is 0 Å². The van der Waals surface area contributed by atoms with Crippen LogP contribution in [0.15, 0.2) is 18.6 Å². The first-order chi connectivity index (χ1) is 7.31. The highest BCUT2D eigenvalue weighted by Gasteiger charge is 2.08. The molecule has 1 N–H and O–H groups in total. The molecule has 0 aliphatic carbocycles. The predicted octanol–water partition coefficient (Wildman–Crippen LogP) is 1.23. The van der Waals surface area contributed by atoms with E-state index in [1.807, 2.05) is 17.7 Å². The zero-order valence-corrected chi connectivity index (χ0v) is 8.90. The van der Waals surface area contributed by atoms with Crippen molar-refractivity contribution in [1.82, 2.24) is 19.7 Å². The summed E-state index contributed by atoms with van der Waals surface area (Å²) >= 11 is 0. The number of aryl methyl sites for hydroxylation is 1. The molecular weight excluding hydrogens is 192 g/mol. The summed E-state index contributed by atoms with van der Waals surface area (Å²) < 4.78 is 6.96. The van der Waals surface area contributed by atoms with Crippen molar-refractivity contribution in [3.8, 4) is 11.4 Å². The number of hydrogen-bond donors (Lipinski definition) is 1. The maximum absolute atomic E-state index is 5.04. The summed E-state index contributed by atoms with van der Waals surface area (Å²) in [6.45, 7) is 3.38. The van der Waals surface area contributed by atoms with Crippen molar-refractivity contribution in [3.63, 3.8) is 0 Å². The molecule has 15 heavy (non-hydrogen) atoms. The monoisotopic (exact) mass is 206 g/mol. The minimum absolute atomic E-state index is 0.655. The molecule has 0 unspecified atom stereocenters. The molecule has 0 bridgehead atoms. The van der Waals surface area contributed by atoms with Gasteiger partial charge in [0.1, 0.15) is 0 Å². The van der Waals surface area contributed by atoms with E-state index >= 15 is 0 Å². The van der Waals surface area contributed by atoms with Crippen molar-refractivity contribution in [3.05, 3.63) is 24.3 Å². The van der Waals surface area contributed by atoms with E-state index in [-0.39, 0.29) is 0 Å². The number of H-pyrrole nitrogens is 1. The van der Waals surface area contributed by atoms with Crippen molar-refractivity contribution in [2.75, 3.05) is 13.7 Å². The second kappa shape index (κ2) is 4.27. The lowest BCUT2D eigenvalue weighted by molar-refractivity contribution is 0.184. The van der Waals surface area contributed by atoms with Gasteiger partial charge >= 0.3 is 0 Å². The molecule has 2 aromatic rings. The van der Waals surface area contributed by atoms with Gasteiger partial charge in [-0.15, -0.1) is 0 Å². The Balaban J connectivity index is 2.29. The van der Waals surface area contributed by atoms with Crippen molar-refractivity contribution in [2.45, 2.75) is 13.5 Å². The van der Waals surface area contributed by atoms with Gasteiger partial charge in [-0.2, -0.15) is 5.10 Å². The minimum Gasteiger partial charge on any atom is -0.383 e. The first kappa shape index (κ1) is 9.92. The second-order valence-electron chi connectivity index (χ2n) is 3.35. The fourth-order valence-corrected chi connectivity index (χ4v) is 1.51.